The van der Waals surface area contributed by atoms with E-state index in [2.05, 4.69) is 6.92 Å². The average molecular weight is 320 g/mol. The second-order valence-corrected chi connectivity index (χ2v) is 6.27. The normalized spacial score (nSPS) is 17.2. The van der Waals surface area contributed by atoms with Crippen LogP contribution in [0, 0.1) is 0 Å². The molecule has 5 nitrogen and oxygen atoms in total. The quantitative estimate of drug-likeness (QED) is 0.296. The molecule has 0 saturated heterocycles. The Bertz CT molecular complexity index is 237. The summed E-state index contributed by atoms with van der Waals surface area (Å²) in [6.45, 7) is 1.58. The highest BCUT2D eigenvalue weighted by atomic mass is 16.4. The second kappa shape index (κ2) is 14.4. The molecule has 4 atom stereocenters. The van der Waals surface area contributed by atoms with E-state index in [0.29, 0.717) is 6.42 Å². The van der Waals surface area contributed by atoms with Gasteiger partial charge in [0.2, 0.25) is 0 Å². The Morgan fingerprint density at radius 2 is 1.00 bits per heavy atom. The highest BCUT2D eigenvalue weighted by molar-refractivity contribution is 4.80. The van der Waals surface area contributed by atoms with Crippen LogP contribution in [0.1, 0.15) is 77.6 Å². The van der Waals surface area contributed by atoms with E-state index in [1.165, 1.54) is 44.9 Å². The number of unbranched alkanes of at least 4 members (excludes halogenated alkanes) is 9. The molecule has 5 heteroatoms. The van der Waals surface area contributed by atoms with Gasteiger partial charge < -0.3 is 25.5 Å². The summed E-state index contributed by atoms with van der Waals surface area (Å²) in [7, 11) is 0. The largest absolute Gasteiger partial charge is 0.394 e. The van der Waals surface area contributed by atoms with Crippen LogP contribution in [0.3, 0.4) is 0 Å². The molecule has 4 unspecified atom stereocenters. The lowest BCUT2D eigenvalue weighted by molar-refractivity contribution is -0.116. The molecule has 0 rings (SSSR count). The van der Waals surface area contributed by atoms with Gasteiger partial charge in [0.1, 0.15) is 18.3 Å². The van der Waals surface area contributed by atoms with Crippen LogP contribution in [-0.2, 0) is 0 Å². The van der Waals surface area contributed by atoms with Gasteiger partial charge in [0.15, 0.2) is 0 Å². The SMILES string of the molecule is CCCCCCCCCCCCC(O)C(O)C(O)C(O)CO. The van der Waals surface area contributed by atoms with Crippen LogP contribution in [0.4, 0.5) is 0 Å². The number of aliphatic hydroxyl groups is 5. The first-order chi connectivity index (χ1) is 10.5. The summed E-state index contributed by atoms with van der Waals surface area (Å²) in [5.74, 6) is 0. The van der Waals surface area contributed by atoms with E-state index in [1.54, 1.807) is 0 Å². The van der Waals surface area contributed by atoms with Crippen molar-refractivity contribution < 1.29 is 25.5 Å². The minimum Gasteiger partial charge on any atom is -0.394 e. The van der Waals surface area contributed by atoms with Gasteiger partial charge in [0.25, 0.3) is 0 Å². The Kier molecular flexibility index (Phi) is 14.3. The maximum Gasteiger partial charge on any atom is 0.110 e. The van der Waals surface area contributed by atoms with Gasteiger partial charge >= 0.3 is 0 Å². The van der Waals surface area contributed by atoms with Crippen molar-refractivity contribution in [1.29, 1.82) is 0 Å². The van der Waals surface area contributed by atoms with Gasteiger partial charge in [0.05, 0.1) is 12.7 Å². The number of hydrogen-bond donors (Lipinski definition) is 5. The third-order valence-corrected chi connectivity index (χ3v) is 4.18. The predicted octanol–water partition coefficient (Wildman–Crippen LogP) is 1.73. The summed E-state index contributed by atoms with van der Waals surface area (Å²) in [6.07, 6.45) is 6.92. The first kappa shape index (κ1) is 21.8. The van der Waals surface area contributed by atoms with E-state index < -0.39 is 31.0 Å². The van der Waals surface area contributed by atoms with Gasteiger partial charge in [-0.1, -0.05) is 71.1 Å². The first-order valence-corrected chi connectivity index (χ1v) is 8.87. The molecule has 0 aliphatic rings. The number of rotatable bonds is 15. The lowest BCUT2D eigenvalue weighted by atomic mass is 9.98. The smallest absolute Gasteiger partial charge is 0.110 e. The molecule has 0 heterocycles. The third-order valence-electron chi connectivity index (χ3n) is 4.18. The fourth-order valence-corrected chi connectivity index (χ4v) is 2.57. The van der Waals surface area contributed by atoms with E-state index in [1.807, 2.05) is 0 Å². The summed E-state index contributed by atoms with van der Waals surface area (Å²) in [5, 5.41) is 46.8. The molecule has 22 heavy (non-hydrogen) atoms. The summed E-state index contributed by atoms with van der Waals surface area (Å²) in [6, 6.07) is 0. The Balaban J connectivity index is 3.50. The topological polar surface area (TPSA) is 101 Å². The van der Waals surface area contributed by atoms with Gasteiger partial charge in [-0.25, -0.2) is 0 Å². The molecule has 5 N–H and O–H groups in total. The molecular weight excluding hydrogens is 284 g/mol. The molecule has 0 saturated carbocycles. The number of hydrogen-bond acceptors (Lipinski definition) is 5. The molecule has 0 fully saturated rings. The van der Waals surface area contributed by atoms with Gasteiger partial charge in [-0.05, 0) is 6.42 Å². The van der Waals surface area contributed by atoms with Crippen molar-refractivity contribution in [3.8, 4) is 0 Å². The van der Waals surface area contributed by atoms with E-state index in [9.17, 15) is 20.4 Å². The fraction of sp³-hybridized carbons (Fsp3) is 1.00. The van der Waals surface area contributed by atoms with Crippen LogP contribution >= 0.6 is 0 Å². The first-order valence-electron chi connectivity index (χ1n) is 8.87. The van der Waals surface area contributed by atoms with Crippen molar-refractivity contribution in [2.75, 3.05) is 6.61 Å². The molecule has 0 aromatic carbocycles. The molecule has 134 valence electrons. The van der Waals surface area contributed by atoms with Crippen molar-refractivity contribution in [2.45, 2.75) is 102 Å². The lowest BCUT2D eigenvalue weighted by Gasteiger charge is -2.25. The highest BCUT2D eigenvalue weighted by Crippen LogP contribution is 2.14. The van der Waals surface area contributed by atoms with E-state index in [-0.39, 0.29) is 0 Å². The summed E-state index contributed by atoms with van der Waals surface area (Å²) >= 11 is 0. The molecule has 0 radical (unpaired) electrons. The molecule has 0 aromatic heterocycles. The summed E-state index contributed by atoms with van der Waals surface area (Å²) < 4.78 is 0. The monoisotopic (exact) mass is 320 g/mol. The zero-order valence-corrected chi connectivity index (χ0v) is 14.0. The highest BCUT2D eigenvalue weighted by Gasteiger charge is 2.29. The predicted molar refractivity (Wildman–Crippen MR) is 87.6 cm³/mol. The Hall–Kier alpha value is -0.200. The third kappa shape index (κ3) is 10.5. The van der Waals surface area contributed by atoms with Crippen LogP contribution in [0.15, 0.2) is 0 Å². The van der Waals surface area contributed by atoms with Gasteiger partial charge in [-0.15, -0.1) is 0 Å². The molecule has 0 aromatic rings. The van der Waals surface area contributed by atoms with Gasteiger partial charge in [-0.3, -0.25) is 0 Å². The van der Waals surface area contributed by atoms with Gasteiger partial charge in [0, 0.05) is 0 Å². The Morgan fingerprint density at radius 1 is 0.591 bits per heavy atom. The fourth-order valence-electron chi connectivity index (χ4n) is 2.57. The van der Waals surface area contributed by atoms with E-state index in [4.69, 9.17) is 5.11 Å². The maximum absolute atomic E-state index is 9.75. The molecule has 0 spiro atoms. The number of aliphatic hydroxyl groups excluding tert-OH is 5. The van der Waals surface area contributed by atoms with E-state index >= 15 is 0 Å². The van der Waals surface area contributed by atoms with Crippen molar-refractivity contribution >= 4 is 0 Å². The standard InChI is InChI=1S/C17H36O5/c1-2-3-4-5-6-7-8-9-10-11-12-14(19)16(21)17(22)15(20)13-18/h14-22H,2-13H2,1H3. The zero-order chi connectivity index (χ0) is 16.8. The van der Waals surface area contributed by atoms with Crippen molar-refractivity contribution in [3.05, 3.63) is 0 Å². The van der Waals surface area contributed by atoms with Crippen molar-refractivity contribution in [2.24, 2.45) is 0 Å². The lowest BCUT2D eigenvalue weighted by Crippen LogP contribution is -2.45. The van der Waals surface area contributed by atoms with Crippen LogP contribution < -0.4 is 0 Å². The molecule has 0 aliphatic carbocycles. The van der Waals surface area contributed by atoms with Crippen LogP contribution in [0.25, 0.3) is 0 Å². The second-order valence-electron chi connectivity index (χ2n) is 6.27. The van der Waals surface area contributed by atoms with Crippen LogP contribution in [-0.4, -0.2) is 56.6 Å². The van der Waals surface area contributed by atoms with Crippen LogP contribution in [0.5, 0.6) is 0 Å². The van der Waals surface area contributed by atoms with Crippen LogP contribution in [0.2, 0.25) is 0 Å². The van der Waals surface area contributed by atoms with E-state index in [0.717, 1.165) is 19.3 Å². The Labute approximate surface area is 135 Å². The molecule has 0 amide bonds. The van der Waals surface area contributed by atoms with Crippen molar-refractivity contribution in [1.82, 2.24) is 0 Å². The summed E-state index contributed by atoms with van der Waals surface area (Å²) in [5.41, 5.74) is 0. The maximum atomic E-state index is 9.75. The summed E-state index contributed by atoms with van der Waals surface area (Å²) in [4.78, 5) is 0. The Morgan fingerprint density at radius 3 is 1.45 bits per heavy atom. The zero-order valence-electron chi connectivity index (χ0n) is 14.0. The molecular formula is C17H36O5. The van der Waals surface area contributed by atoms with Crippen molar-refractivity contribution in [3.63, 3.8) is 0 Å². The minimum atomic E-state index is -1.51. The average Bonchev–Trinajstić information content (AvgIpc) is 2.54. The molecule has 0 aliphatic heterocycles. The van der Waals surface area contributed by atoms with Gasteiger partial charge in [-0.2, -0.15) is 0 Å². The minimum absolute atomic E-state index is 0.396. The molecule has 0 bridgehead atoms.